The van der Waals surface area contributed by atoms with Gasteiger partial charge >= 0.3 is 0 Å². The van der Waals surface area contributed by atoms with Gasteiger partial charge in [-0.15, -0.1) is 0 Å². The number of nitrogens with two attached hydrogens (primary N) is 1. The average Bonchev–Trinajstić information content (AvgIpc) is 2.84. The highest BCUT2D eigenvalue weighted by Gasteiger charge is 2.27. The van der Waals surface area contributed by atoms with Gasteiger partial charge in [0.15, 0.2) is 0 Å². The zero-order valence-electron chi connectivity index (χ0n) is 10.7. The van der Waals surface area contributed by atoms with Crippen LogP contribution in [0.2, 0.25) is 0 Å². The number of nitrogens with zero attached hydrogens (tertiary/aromatic N) is 1. The first kappa shape index (κ1) is 13.2. The third-order valence-corrected chi connectivity index (χ3v) is 3.35. The molecule has 1 amide bonds. The SMILES string of the molecule is N#CC1CCCC1NC(=O)/C=C/c1cccc(N)c1. The molecule has 1 saturated carbocycles. The van der Waals surface area contributed by atoms with Crippen molar-refractivity contribution in [2.24, 2.45) is 5.92 Å². The smallest absolute Gasteiger partial charge is 0.244 e. The third-order valence-electron chi connectivity index (χ3n) is 3.35. The maximum atomic E-state index is 11.8. The number of nitrogen functional groups attached to an aromatic ring is 1. The molecule has 0 saturated heterocycles. The summed E-state index contributed by atoms with van der Waals surface area (Å²) in [5.74, 6) is -0.209. The van der Waals surface area contributed by atoms with E-state index in [0.29, 0.717) is 5.69 Å². The van der Waals surface area contributed by atoms with E-state index in [1.165, 1.54) is 6.08 Å². The number of hydrogen-bond acceptors (Lipinski definition) is 3. The zero-order valence-corrected chi connectivity index (χ0v) is 10.7. The van der Waals surface area contributed by atoms with Crippen molar-refractivity contribution in [3.8, 4) is 6.07 Å². The van der Waals surface area contributed by atoms with Crippen LogP contribution in [0.25, 0.3) is 6.08 Å². The minimum absolute atomic E-state index is 0.0111. The summed E-state index contributed by atoms with van der Waals surface area (Å²) in [5.41, 5.74) is 7.22. The average molecular weight is 255 g/mol. The molecule has 1 aliphatic rings. The summed E-state index contributed by atoms with van der Waals surface area (Å²) < 4.78 is 0. The topological polar surface area (TPSA) is 78.9 Å². The number of nitriles is 1. The predicted molar refractivity (Wildman–Crippen MR) is 74.8 cm³/mol. The van der Waals surface area contributed by atoms with Gasteiger partial charge in [-0.3, -0.25) is 4.79 Å². The molecule has 4 nitrogen and oxygen atoms in total. The van der Waals surface area contributed by atoms with Crippen LogP contribution in [0.3, 0.4) is 0 Å². The summed E-state index contributed by atoms with van der Waals surface area (Å²) in [6.07, 6.45) is 5.97. The van der Waals surface area contributed by atoms with Crippen molar-refractivity contribution in [3.05, 3.63) is 35.9 Å². The molecular formula is C15H17N3O. The predicted octanol–water partition coefficient (Wildman–Crippen LogP) is 2.09. The fraction of sp³-hybridized carbons (Fsp3) is 0.333. The molecule has 1 aromatic carbocycles. The van der Waals surface area contributed by atoms with Crippen molar-refractivity contribution < 1.29 is 4.79 Å². The van der Waals surface area contributed by atoms with Gasteiger partial charge in [0.2, 0.25) is 5.91 Å². The van der Waals surface area contributed by atoms with E-state index in [4.69, 9.17) is 11.0 Å². The molecule has 0 radical (unpaired) electrons. The molecule has 3 N–H and O–H groups in total. The second kappa shape index (κ2) is 6.05. The monoisotopic (exact) mass is 255 g/mol. The van der Waals surface area contributed by atoms with E-state index in [9.17, 15) is 4.79 Å². The Kier molecular flexibility index (Phi) is 4.19. The van der Waals surface area contributed by atoms with E-state index in [1.807, 2.05) is 12.1 Å². The van der Waals surface area contributed by atoms with Gasteiger partial charge in [-0.25, -0.2) is 0 Å². The lowest BCUT2D eigenvalue weighted by molar-refractivity contribution is -0.117. The fourth-order valence-electron chi connectivity index (χ4n) is 2.35. The Bertz CT molecular complexity index is 530. The number of rotatable bonds is 3. The fourth-order valence-corrected chi connectivity index (χ4v) is 2.35. The van der Waals surface area contributed by atoms with Gasteiger partial charge in [-0.1, -0.05) is 12.1 Å². The number of anilines is 1. The molecule has 0 spiro atoms. The summed E-state index contributed by atoms with van der Waals surface area (Å²) >= 11 is 0. The van der Waals surface area contributed by atoms with Crippen LogP contribution in [0.4, 0.5) is 5.69 Å². The van der Waals surface area contributed by atoms with E-state index in [2.05, 4.69) is 11.4 Å². The van der Waals surface area contributed by atoms with E-state index < -0.39 is 0 Å². The first-order valence-corrected chi connectivity index (χ1v) is 6.43. The van der Waals surface area contributed by atoms with Crippen molar-refractivity contribution in [2.45, 2.75) is 25.3 Å². The molecule has 0 aromatic heterocycles. The largest absolute Gasteiger partial charge is 0.399 e. The lowest BCUT2D eigenvalue weighted by Crippen LogP contribution is -2.35. The Morgan fingerprint density at radius 3 is 3.05 bits per heavy atom. The van der Waals surface area contributed by atoms with Gasteiger partial charge in [-0.2, -0.15) is 5.26 Å². The van der Waals surface area contributed by atoms with E-state index in [1.54, 1.807) is 18.2 Å². The van der Waals surface area contributed by atoms with Gasteiger partial charge < -0.3 is 11.1 Å². The second-order valence-corrected chi connectivity index (χ2v) is 4.79. The number of amides is 1. The Labute approximate surface area is 112 Å². The first-order valence-electron chi connectivity index (χ1n) is 6.43. The van der Waals surface area contributed by atoms with Crippen molar-refractivity contribution in [3.63, 3.8) is 0 Å². The Morgan fingerprint density at radius 2 is 2.32 bits per heavy atom. The van der Waals surface area contributed by atoms with Crippen LogP contribution >= 0.6 is 0 Å². The molecule has 0 aliphatic heterocycles. The molecule has 2 rings (SSSR count). The molecule has 0 heterocycles. The highest BCUT2D eigenvalue weighted by Crippen LogP contribution is 2.24. The number of benzene rings is 1. The number of carbonyl (C=O) groups is 1. The summed E-state index contributed by atoms with van der Waals surface area (Å²) in [4.78, 5) is 11.8. The number of carbonyl (C=O) groups excluding carboxylic acids is 1. The van der Waals surface area contributed by atoms with E-state index >= 15 is 0 Å². The minimum atomic E-state index is -0.158. The Morgan fingerprint density at radius 1 is 1.47 bits per heavy atom. The van der Waals surface area contributed by atoms with Crippen molar-refractivity contribution in [1.29, 1.82) is 5.26 Å². The van der Waals surface area contributed by atoms with Gasteiger partial charge in [0.05, 0.1) is 12.0 Å². The van der Waals surface area contributed by atoms with E-state index in [-0.39, 0.29) is 17.9 Å². The zero-order chi connectivity index (χ0) is 13.7. The van der Waals surface area contributed by atoms with Crippen LogP contribution in [0.1, 0.15) is 24.8 Å². The standard InChI is InChI=1S/C15H17N3O/c16-10-12-4-2-6-14(12)18-15(19)8-7-11-3-1-5-13(17)9-11/h1,3,5,7-9,12,14H,2,4,6,17H2,(H,18,19)/b8-7+. The van der Waals surface area contributed by atoms with E-state index in [0.717, 1.165) is 24.8 Å². The van der Waals surface area contributed by atoms with Crippen LogP contribution in [0, 0.1) is 17.2 Å². The van der Waals surface area contributed by atoms with Crippen LogP contribution in [0.5, 0.6) is 0 Å². The molecular weight excluding hydrogens is 238 g/mol. The third kappa shape index (κ3) is 3.59. The number of nitrogens with one attached hydrogen (secondary N) is 1. The molecule has 1 aliphatic carbocycles. The Hall–Kier alpha value is -2.28. The maximum Gasteiger partial charge on any atom is 0.244 e. The number of hydrogen-bond donors (Lipinski definition) is 2. The van der Waals surface area contributed by atoms with Crippen LogP contribution in [0.15, 0.2) is 30.3 Å². The highest BCUT2D eigenvalue weighted by molar-refractivity contribution is 5.92. The van der Waals surface area contributed by atoms with Crippen LogP contribution in [-0.4, -0.2) is 11.9 Å². The summed E-state index contributed by atoms with van der Waals surface area (Å²) in [7, 11) is 0. The van der Waals surface area contributed by atoms with Crippen molar-refractivity contribution >= 4 is 17.7 Å². The summed E-state index contributed by atoms with van der Waals surface area (Å²) in [5, 5.41) is 11.8. The lowest BCUT2D eigenvalue weighted by atomic mass is 10.1. The van der Waals surface area contributed by atoms with Crippen LogP contribution < -0.4 is 11.1 Å². The highest BCUT2D eigenvalue weighted by atomic mass is 16.1. The van der Waals surface area contributed by atoms with Gasteiger partial charge in [0, 0.05) is 17.8 Å². The molecule has 98 valence electrons. The second-order valence-electron chi connectivity index (χ2n) is 4.79. The minimum Gasteiger partial charge on any atom is -0.399 e. The molecule has 2 atom stereocenters. The lowest BCUT2D eigenvalue weighted by Gasteiger charge is -2.13. The molecule has 1 fully saturated rings. The van der Waals surface area contributed by atoms with Crippen LogP contribution in [-0.2, 0) is 4.79 Å². The van der Waals surface area contributed by atoms with Crippen molar-refractivity contribution in [2.75, 3.05) is 5.73 Å². The molecule has 19 heavy (non-hydrogen) atoms. The molecule has 4 heteroatoms. The van der Waals surface area contributed by atoms with Crippen molar-refractivity contribution in [1.82, 2.24) is 5.32 Å². The molecule has 0 bridgehead atoms. The maximum absolute atomic E-state index is 11.8. The van der Waals surface area contributed by atoms with Gasteiger partial charge in [0.1, 0.15) is 0 Å². The summed E-state index contributed by atoms with van der Waals surface area (Å²) in [6.45, 7) is 0. The Balaban J connectivity index is 1.93. The first-order chi connectivity index (χ1) is 9.19. The van der Waals surface area contributed by atoms with Gasteiger partial charge in [-0.05, 0) is 43.0 Å². The quantitative estimate of drug-likeness (QED) is 0.641. The molecule has 1 aromatic rings. The summed E-state index contributed by atoms with van der Waals surface area (Å²) in [6, 6.07) is 9.56. The normalized spacial score (nSPS) is 22.3. The molecule has 2 unspecified atom stereocenters. The van der Waals surface area contributed by atoms with Gasteiger partial charge in [0.25, 0.3) is 0 Å².